The molecule has 0 unspecified atom stereocenters. The summed E-state index contributed by atoms with van der Waals surface area (Å²) in [7, 11) is 0. The molecule has 1 atom stereocenters. The van der Waals surface area contributed by atoms with Crippen molar-refractivity contribution in [2.45, 2.75) is 13.0 Å². The Morgan fingerprint density at radius 2 is 2.04 bits per heavy atom. The molecule has 10 heteroatoms. The Hall–Kier alpha value is -3.56. The monoisotopic (exact) mass is 362 g/mol. The minimum atomic E-state index is -0.969. The predicted octanol–water partition coefficient (Wildman–Crippen LogP) is 1.95. The number of nitrogens with zero attached hydrogens (tertiary/aromatic N) is 1. The van der Waals surface area contributed by atoms with Gasteiger partial charge in [0.1, 0.15) is 4.92 Å². The molecule has 2 aromatic rings. The first-order valence-corrected chi connectivity index (χ1v) is 7.54. The Labute approximate surface area is 146 Å². The van der Waals surface area contributed by atoms with E-state index in [1.807, 2.05) is 0 Å². The van der Waals surface area contributed by atoms with Gasteiger partial charge < -0.3 is 23.9 Å². The summed E-state index contributed by atoms with van der Waals surface area (Å²) in [5, 5.41) is 13.2. The van der Waals surface area contributed by atoms with Crippen molar-refractivity contribution in [1.82, 2.24) is 5.32 Å². The maximum atomic E-state index is 11.9. The zero-order chi connectivity index (χ0) is 18.7. The number of rotatable bonds is 6. The minimum Gasteiger partial charge on any atom is -0.454 e. The van der Waals surface area contributed by atoms with Crippen molar-refractivity contribution in [2.24, 2.45) is 0 Å². The highest BCUT2D eigenvalue weighted by Crippen LogP contribution is 2.34. The average molecular weight is 362 g/mol. The number of nitro groups is 1. The second kappa shape index (κ2) is 7.13. The van der Waals surface area contributed by atoms with Gasteiger partial charge in [-0.3, -0.25) is 14.9 Å². The van der Waals surface area contributed by atoms with Gasteiger partial charge in [0.15, 0.2) is 18.1 Å². The lowest BCUT2D eigenvalue weighted by atomic mass is 10.1. The van der Waals surface area contributed by atoms with Gasteiger partial charge in [-0.2, -0.15) is 0 Å². The number of carbonyl (C=O) groups is 2. The van der Waals surface area contributed by atoms with Crippen molar-refractivity contribution in [3.05, 3.63) is 51.8 Å². The van der Waals surface area contributed by atoms with E-state index in [1.54, 1.807) is 25.1 Å². The van der Waals surface area contributed by atoms with Crippen LogP contribution in [0, 0.1) is 10.1 Å². The summed E-state index contributed by atoms with van der Waals surface area (Å²) < 4.78 is 20.0. The molecule has 1 amide bonds. The fourth-order valence-electron chi connectivity index (χ4n) is 2.29. The van der Waals surface area contributed by atoms with Crippen LogP contribution in [0.1, 0.15) is 29.1 Å². The van der Waals surface area contributed by atoms with Crippen LogP contribution in [0.15, 0.2) is 34.7 Å². The highest BCUT2D eigenvalue weighted by Gasteiger charge is 2.20. The Morgan fingerprint density at radius 3 is 2.77 bits per heavy atom. The van der Waals surface area contributed by atoms with Crippen molar-refractivity contribution in [3.63, 3.8) is 0 Å². The van der Waals surface area contributed by atoms with E-state index < -0.39 is 29.3 Å². The van der Waals surface area contributed by atoms with Crippen LogP contribution >= 0.6 is 0 Å². The van der Waals surface area contributed by atoms with Crippen molar-refractivity contribution < 1.29 is 33.1 Å². The van der Waals surface area contributed by atoms with Crippen LogP contribution in [0.4, 0.5) is 5.88 Å². The SMILES string of the molecule is C[C@@H](NC(=O)COC(=O)c1ccc([N+](=O)[O-])o1)c1ccc2c(c1)OCO2. The van der Waals surface area contributed by atoms with Crippen molar-refractivity contribution in [1.29, 1.82) is 0 Å². The maximum absolute atomic E-state index is 11.9. The highest BCUT2D eigenvalue weighted by atomic mass is 16.7. The number of carbonyl (C=O) groups excluding carboxylic acids is 2. The molecule has 0 saturated carbocycles. The van der Waals surface area contributed by atoms with Crippen molar-refractivity contribution in [2.75, 3.05) is 13.4 Å². The average Bonchev–Trinajstić information content (AvgIpc) is 3.28. The molecular weight excluding hydrogens is 348 g/mol. The topological polar surface area (TPSA) is 130 Å². The van der Waals surface area contributed by atoms with Crippen molar-refractivity contribution in [3.8, 4) is 11.5 Å². The van der Waals surface area contributed by atoms with E-state index in [0.29, 0.717) is 11.5 Å². The lowest BCUT2D eigenvalue weighted by Crippen LogP contribution is -2.31. The van der Waals surface area contributed by atoms with Gasteiger partial charge in [-0.25, -0.2) is 4.79 Å². The number of hydrogen-bond acceptors (Lipinski definition) is 8. The summed E-state index contributed by atoms with van der Waals surface area (Å²) in [6.07, 6.45) is 0. The summed E-state index contributed by atoms with van der Waals surface area (Å²) in [6.45, 7) is 1.36. The number of ether oxygens (including phenoxy) is 3. The molecule has 0 bridgehead atoms. The third-order valence-electron chi connectivity index (χ3n) is 3.58. The molecule has 1 aromatic heterocycles. The van der Waals surface area contributed by atoms with Gasteiger partial charge in [0.25, 0.3) is 5.91 Å². The van der Waals surface area contributed by atoms with E-state index in [-0.39, 0.29) is 18.6 Å². The number of amides is 1. The molecular formula is C16H14N2O8. The summed E-state index contributed by atoms with van der Waals surface area (Å²) in [6, 6.07) is 7.05. The zero-order valence-electron chi connectivity index (χ0n) is 13.6. The Bertz CT molecular complexity index is 860. The summed E-state index contributed by atoms with van der Waals surface area (Å²) in [5.41, 5.74) is 0.788. The first kappa shape index (κ1) is 17.3. The molecule has 1 aliphatic rings. The Kier molecular flexibility index (Phi) is 4.74. The smallest absolute Gasteiger partial charge is 0.433 e. The molecule has 0 aliphatic carbocycles. The first-order chi connectivity index (χ1) is 12.4. The number of benzene rings is 1. The van der Waals surface area contributed by atoms with Gasteiger partial charge in [0.2, 0.25) is 12.6 Å². The largest absolute Gasteiger partial charge is 0.454 e. The van der Waals surface area contributed by atoms with E-state index in [2.05, 4.69) is 5.32 Å². The lowest BCUT2D eigenvalue weighted by Gasteiger charge is -2.14. The normalized spacial score (nSPS) is 13.1. The number of fused-ring (bicyclic) bond motifs is 1. The van der Waals surface area contributed by atoms with Gasteiger partial charge in [0, 0.05) is 0 Å². The highest BCUT2D eigenvalue weighted by molar-refractivity contribution is 5.89. The van der Waals surface area contributed by atoms with Gasteiger partial charge in [0.05, 0.1) is 12.1 Å². The minimum absolute atomic E-state index is 0.153. The molecule has 2 heterocycles. The third-order valence-corrected chi connectivity index (χ3v) is 3.58. The Morgan fingerprint density at radius 1 is 1.27 bits per heavy atom. The maximum Gasteiger partial charge on any atom is 0.433 e. The molecule has 1 aromatic carbocycles. The molecule has 1 N–H and O–H groups in total. The van der Waals surface area contributed by atoms with E-state index in [9.17, 15) is 19.7 Å². The van der Waals surface area contributed by atoms with E-state index in [0.717, 1.165) is 17.7 Å². The van der Waals surface area contributed by atoms with Crippen LogP contribution in [0.5, 0.6) is 11.5 Å². The first-order valence-electron chi connectivity index (χ1n) is 7.54. The summed E-state index contributed by atoms with van der Waals surface area (Å²) in [5.74, 6) is -1.22. The molecule has 10 nitrogen and oxygen atoms in total. The van der Waals surface area contributed by atoms with Gasteiger partial charge in [-0.05, 0) is 30.7 Å². The zero-order valence-corrected chi connectivity index (χ0v) is 13.6. The molecule has 26 heavy (non-hydrogen) atoms. The van der Waals surface area contributed by atoms with Crippen LogP contribution in [-0.2, 0) is 9.53 Å². The van der Waals surface area contributed by atoms with Crippen LogP contribution in [0.2, 0.25) is 0 Å². The van der Waals surface area contributed by atoms with Gasteiger partial charge in [-0.15, -0.1) is 0 Å². The lowest BCUT2D eigenvalue weighted by molar-refractivity contribution is -0.402. The van der Waals surface area contributed by atoms with E-state index >= 15 is 0 Å². The third kappa shape index (κ3) is 3.74. The van der Waals surface area contributed by atoms with Gasteiger partial charge in [-0.1, -0.05) is 6.07 Å². The Balaban J connectivity index is 1.51. The summed E-state index contributed by atoms with van der Waals surface area (Å²) >= 11 is 0. The molecule has 0 radical (unpaired) electrons. The fraction of sp³-hybridized carbons (Fsp3) is 0.250. The fourth-order valence-corrected chi connectivity index (χ4v) is 2.29. The number of esters is 1. The van der Waals surface area contributed by atoms with Crippen LogP contribution in [0.3, 0.4) is 0 Å². The molecule has 136 valence electrons. The van der Waals surface area contributed by atoms with E-state index in [4.69, 9.17) is 18.6 Å². The van der Waals surface area contributed by atoms with Crippen molar-refractivity contribution >= 4 is 17.8 Å². The van der Waals surface area contributed by atoms with E-state index in [1.165, 1.54) is 0 Å². The quantitative estimate of drug-likeness (QED) is 0.469. The second-order valence-corrected chi connectivity index (χ2v) is 5.37. The molecule has 0 saturated heterocycles. The summed E-state index contributed by atoms with van der Waals surface area (Å²) in [4.78, 5) is 33.4. The standard InChI is InChI=1S/C16H14N2O8/c1-9(10-2-3-11-13(6-10)25-8-24-11)17-14(19)7-23-16(20)12-4-5-15(26-12)18(21)22/h2-6,9H,7-8H2,1H3,(H,17,19)/t9-/m1/s1. The predicted molar refractivity (Wildman–Crippen MR) is 84.8 cm³/mol. The number of hydrogen-bond donors (Lipinski definition) is 1. The number of nitrogens with one attached hydrogen (secondary N) is 1. The molecule has 0 fully saturated rings. The van der Waals surface area contributed by atoms with Crippen LogP contribution in [-0.4, -0.2) is 30.2 Å². The molecule has 1 aliphatic heterocycles. The number of furan rings is 1. The molecule has 0 spiro atoms. The molecule has 3 rings (SSSR count). The van der Waals surface area contributed by atoms with Gasteiger partial charge >= 0.3 is 11.9 Å². The van der Waals surface area contributed by atoms with Crippen LogP contribution in [0.25, 0.3) is 0 Å². The van der Waals surface area contributed by atoms with Crippen LogP contribution < -0.4 is 14.8 Å². The second-order valence-electron chi connectivity index (χ2n) is 5.37.